The molecular weight excluding hydrogens is 271 g/mol. The molecule has 6 heteroatoms. The fourth-order valence-electron chi connectivity index (χ4n) is 2.45. The van der Waals surface area contributed by atoms with E-state index in [1.54, 1.807) is 6.07 Å². The third kappa shape index (κ3) is 2.82. The van der Waals surface area contributed by atoms with Crippen molar-refractivity contribution in [3.05, 3.63) is 16.1 Å². The SMILES string of the molecule is CN(c1nc(NN)c(Cl)cc1Cl)C1CCCCC1. The zero-order chi connectivity index (χ0) is 13.1. The average Bonchev–Trinajstić information content (AvgIpc) is 2.39. The number of nitrogens with zero attached hydrogens (tertiary/aromatic N) is 2. The topological polar surface area (TPSA) is 54.2 Å². The van der Waals surface area contributed by atoms with Crippen LogP contribution in [0.3, 0.4) is 0 Å². The highest BCUT2D eigenvalue weighted by Gasteiger charge is 2.22. The minimum atomic E-state index is 0.434. The van der Waals surface area contributed by atoms with Crippen LogP contribution in [-0.2, 0) is 0 Å². The number of halogens is 2. The number of anilines is 2. The van der Waals surface area contributed by atoms with Crippen molar-refractivity contribution in [1.29, 1.82) is 0 Å². The molecule has 0 aliphatic heterocycles. The van der Waals surface area contributed by atoms with Crippen molar-refractivity contribution < 1.29 is 0 Å². The van der Waals surface area contributed by atoms with E-state index in [1.165, 1.54) is 32.1 Å². The highest BCUT2D eigenvalue weighted by molar-refractivity contribution is 6.37. The minimum absolute atomic E-state index is 0.434. The van der Waals surface area contributed by atoms with Crippen LogP contribution < -0.4 is 16.2 Å². The lowest BCUT2D eigenvalue weighted by Crippen LogP contribution is -2.34. The highest BCUT2D eigenvalue weighted by atomic mass is 35.5. The Labute approximate surface area is 117 Å². The summed E-state index contributed by atoms with van der Waals surface area (Å²) in [5.74, 6) is 6.58. The molecule has 1 heterocycles. The lowest BCUT2D eigenvalue weighted by Gasteiger charge is -2.32. The number of hydrogen-bond acceptors (Lipinski definition) is 4. The second kappa shape index (κ2) is 5.95. The third-order valence-electron chi connectivity index (χ3n) is 3.50. The first-order valence-corrected chi connectivity index (χ1v) is 6.94. The number of rotatable bonds is 3. The summed E-state index contributed by atoms with van der Waals surface area (Å²) in [4.78, 5) is 6.53. The van der Waals surface area contributed by atoms with Crippen LogP contribution >= 0.6 is 23.2 Å². The first-order chi connectivity index (χ1) is 8.63. The maximum Gasteiger partial charge on any atom is 0.161 e. The zero-order valence-electron chi connectivity index (χ0n) is 10.4. The van der Waals surface area contributed by atoms with Crippen LogP contribution in [0.5, 0.6) is 0 Å². The van der Waals surface area contributed by atoms with Gasteiger partial charge in [-0.2, -0.15) is 0 Å². The van der Waals surface area contributed by atoms with Gasteiger partial charge in [-0.15, -0.1) is 0 Å². The molecule has 1 aliphatic carbocycles. The lowest BCUT2D eigenvalue weighted by molar-refractivity contribution is 0.426. The van der Waals surface area contributed by atoms with Crippen molar-refractivity contribution >= 4 is 34.8 Å². The summed E-state index contributed by atoms with van der Waals surface area (Å²) in [5, 5.41) is 0.996. The molecule has 18 heavy (non-hydrogen) atoms. The van der Waals surface area contributed by atoms with Crippen molar-refractivity contribution in [1.82, 2.24) is 4.98 Å². The molecule has 0 spiro atoms. The fourth-order valence-corrected chi connectivity index (χ4v) is 2.99. The smallest absolute Gasteiger partial charge is 0.161 e. The van der Waals surface area contributed by atoms with E-state index in [0.29, 0.717) is 21.9 Å². The van der Waals surface area contributed by atoms with Crippen molar-refractivity contribution in [3.8, 4) is 0 Å². The molecule has 2 rings (SSSR count). The van der Waals surface area contributed by atoms with Gasteiger partial charge in [0, 0.05) is 13.1 Å². The fraction of sp³-hybridized carbons (Fsp3) is 0.583. The summed E-state index contributed by atoms with van der Waals surface area (Å²) < 4.78 is 0. The zero-order valence-corrected chi connectivity index (χ0v) is 11.9. The Bertz CT molecular complexity index is 419. The van der Waals surface area contributed by atoms with Gasteiger partial charge in [0.25, 0.3) is 0 Å². The van der Waals surface area contributed by atoms with Gasteiger partial charge in [-0.1, -0.05) is 42.5 Å². The van der Waals surface area contributed by atoms with E-state index in [0.717, 1.165) is 5.82 Å². The molecule has 100 valence electrons. The summed E-state index contributed by atoms with van der Waals surface area (Å²) in [7, 11) is 2.03. The summed E-state index contributed by atoms with van der Waals surface area (Å²) in [6, 6.07) is 2.18. The van der Waals surface area contributed by atoms with E-state index in [4.69, 9.17) is 29.0 Å². The van der Waals surface area contributed by atoms with E-state index < -0.39 is 0 Å². The summed E-state index contributed by atoms with van der Waals surface area (Å²) in [5.41, 5.74) is 2.49. The van der Waals surface area contributed by atoms with Crippen LogP contribution in [0.1, 0.15) is 32.1 Å². The largest absolute Gasteiger partial charge is 0.355 e. The van der Waals surface area contributed by atoms with Crippen molar-refractivity contribution in [2.45, 2.75) is 38.1 Å². The van der Waals surface area contributed by atoms with Crippen LogP contribution in [0.2, 0.25) is 10.0 Å². The van der Waals surface area contributed by atoms with Gasteiger partial charge in [-0.3, -0.25) is 0 Å². The molecule has 1 aromatic rings. The quantitative estimate of drug-likeness (QED) is 0.661. The Morgan fingerprint density at radius 3 is 2.56 bits per heavy atom. The highest BCUT2D eigenvalue weighted by Crippen LogP contribution is 2.33. The van der Waals surface area contributed by atoms with Crippen molar-refractivity contribution in [3.63, 3.8) is 0 Å². The Kier molecular flexibility index (Phi) is 4.54. The molecular formula is C12H18Cl2N4. The van der Waals surface area contributed by atoms with E-state index >= 15 is 0 Å². The number of pyridine rings is 1. The van der Waals surface area contributed by atoms with E-state index in [2.05, 4.69) is 15.3 Å². The summed E-state index contributed by atoms with van der Waals surface area (Å²) in [6.45, 7) is 0. The van der Waals surface area contributed by atoms with E-state index in [9.17, 15) is 0 Å². The second-order valence-electron chi connectivity index (χ2n) is 4.67. The molecule has 1 aliphatic rings. The molecule has 0 atom stereocenters. The normalized spacial score (nSPS) is 16.7. The Morgan fingerprint density at radius 1 is 1.28 bits per heavy atom. The monoisotopic (exact) mass is 288 g/mol. The van der Waals surface area contributed by atoms with E-state index in [-0.39, 0.29) is 0 Å². The molecule has 0 radical (unpaired) electrons. The van der Waals surface area contributed by atoms with Crippen LogP contribution in [0, 0.1) is 0 Å². The number of nitrogens with one attached hydrogen (secondary N) is 1. The molecule has 0 bridgehead atoms. The van der Waals surface area contributed by atoms with Gasteiger partial charge in [0.2, 0.25) is 0 Å². The van der Waals surface area contributed by atoms with Crippen molar-refractivity contribution in [2.24, 2.45) is 5.84 Å². The van der Waals surface area contributed by atoms with Gasteiger partial charge in [-0.25, -0.2) is 10.8 Å². The minimum Gasteiger partial charge on any atom is -0.355 e. The average molecular weight is 289 g/mol. The molecule has 0 unspecified atom stereocenters. The lowest BCUT2D eigenvalue weighted by atomic mass is 9.94. The maximum absolute atomic E-state index is 6.22. The van der Waals surface area contributed by atoms with Gasteiger partial charge in [0.05, 0.1) is 10.0 Å². The summed E-state index contributed by atoms with van der Waals surface area (Å²) in [6.07, 6.45) is 6.22. The number of hydrazine groups is 1. The van der Waals surface area contributed by atoms with Gasteiger partial charge in [0.1, 0.15) is 5.82 Å². The van der Waals surface area contributed by atoms with Gasteiger partial charge >= 0.3 is 0 Å². The number of nitrogen functional groups attached to an aromatic ring is 1. The Morgan fingerprint density at radius 2 is 1.94 bits per heavy atom. The van der Waals surface area contributed by atoms with Gasteiger partial charge < -0.3 is 10.3 Å². The van der Waals surface area contributed by atoms with Crippen LogP contribution in [0.15, 0.2) is 6.07 Å². The van der Waals surface area contributed by atoms with Crippen molar-refractivity contribution in [2.75, 3.05) is 17.4 Å². The number of hydrogen-bond donors (Lipinski definition) is 2. The molecule has 1 fully saturated rings. The van der Waals surface area contributed by atoms with Crippen LogP contribution in [0.4, 0.5) is 11.6 Å². The summed E-state index contributed by atoms with van der Waals surface area (Å²) >= 11 is 12.2. The molecule has 3 N–H and O–H groups in total. The molecule has 1 aromatic heterocycles. The molecule has 0 amide bonds. The van der Waals surface area contributed by atoms with E-state index in [1.807, 2.05) is 7.05 Å². The van der Waals surface area contributed by atoms with Crippen LogP contribution in [-0.4, -0.2) is 18.1 Å². The first-order valence-electron chi connectivity index (χ1n) is 6.19. The van der Waals surface area contributed by atoms with Crippen LogP contribution in [0.25, 0.3) is 0 Å². The number of aromatic nitrogens is 1. The Balaban J connectivity index is 2.25. The Hall–Kier alpha value is -0.710. The molecule has 0 saturated heterocycles. The van der Waals surface area contributed by atoms with Gasteiger partial charge in [-0.05, 0) is 18.9 Å². The van der Waals surface area contributed by atoms with Gasteiger partial charge in [0.15, 0.2) is 5.82 Å². The predicted octanol–water partition coefficient (Wildman–Crippen LogP) is 3.44. The first kappa shape index (κ1) is 13.7. The molecule has 4 nitrogen and oxygen atoms in total. The number of nitrogens with two attached hydrogens (primary N) is 1. The molecule has 1 saturated carbocycles. The second-order valence-corrected chi connectivity index (χ2v) is 5.49. The third-order valence-corrected chi connectivity index (χ3v) is 4.07. The standard InChI is InChI=1S/C12H18Cl2N4/c1-18(8-5-3-2-4-6-8)12-10(14)7-9(13)11(16-12)17-15/h7-8H,2-6,15H2,1H3,(H,16,17). The maximum atomic E-state index is 6.22. The predicted molar refractivity (Wildman–Crippen MR) is 77.3 cm³/mol. The molecule has 0 aromatic carbocycles.